The van der Waals surface area contributed by atoms with Gasteiger partial charge in [-0.1, -0.05) is 113 Å². The number of imide groups is 2. The first kappa shape index (κ1) is 51.6. The summed E-state index contributed by atoms with van der Waals surface area (Å²) in [5.41, 5.74) is 6.70. The van der Waals surface area contributed by atoms with Gasteiger partial charge in [-0.25, -0.2) is 9.78 Å². The Morgan fingerprint density at radius 2 is 1.54 bits per heavy atom. The maximum Gasteiger partial charge on any atom is 0.331 e. The lowest BCUT2D eigenvalue weighted by Crippen LogP contribution is -2.61. The summed E-state index contributed by atoms with van der Waals surface area (Å²) in [5, 5.41) is 23.7. The van der Waals surface area contributed by atoms with Crippen LogP contribution >= 0.6 is 0 Å². The Morgan fingerprint density at radius 3 is 2.24 bits per heavy atom. The smallest absolute Gasteiger partial charge is 0.331 e. The molecular weight excluding hydrogens is 865 g/mol. The summed E-state index contributed by atoms with van der Waals surface area (Å²) in [6, 6.07) is 17.1. The van der Waals surface area contributed by atoms with Crippen molar-refractivity contribution in [3.05, 3.63) is 78.0 Å². The van der Waals surface area contributed by atoms with Gasteiger partial charge >= 0.3 is 6.03 Å². The lowest BCUT2D eigenvalue weighted by atomic mass is 9.72. The molecule has 1 unspecified atom stereocenters. The van der Waals surface area contributed by atoms with Gasteiger partial charge in [-0.3, -0.25) is 43.9 Å². The Bertz CT molecular complexity index is 2240. The SMILES string of the molecule is CC(C)(C)NC(=O)[C@@H]1C[C@@H]2CCCC[C@@H]2CN1C[C@@H](O)[C@H](Cc1ccccc1)NC(=O)[C@H](CC(N)=O)NC(=O)c1ccc2ccccc2n1.CCCCC1C(=O)NC(=O)N(C2CCCCC2)C1=O. The van der Waals surface area contributed by atoms with E-state index in [0.717, 1.165) is 75.2 Å². The number of nitrogens with one attached hydrogen (secondary N) is 4. The number of piperidine rings is 1. The summed E-state index contributed by atoms with van der Waals surface area (Å²) in [7, 11) is 0. The summed E-state index contributed by atoms with van der Waals surface area (Å²) in [5.74, 6) is -2.57. The van der Waals surface area contributed by atoms with Crippen LogP contribution in [0.15, 0.2) is 66.7 Å². The number of likely N-dealkylation sites (tertiary alicyclic amines) is 1. The van der Waals surface area contributed by atoms with E-state index >= 15 is 0 Å². The maximum absolute atomic E-state index is 13.8. The van der Waals surface area contributed by atoms with E-state index in [2.05, 4.69) is 31.2 Å². The standard InChI is InChI=1S/C38H50N6O5.C14H22N2O3/c1-38(2,3)43-37(49)32-20-26-14-7-8-15-27(26)22-44(32)23-33(45)30(19-24-11-5-4-6-12-24)41-36(48)31(21-34(39)46)42-35(47)29-18-17-25-13-9-10-16-28(25)40-29;1-2-3-9-11-12(17)15-14(19)16(13(11)18)10-7-5-4-6-8-10/h4-6,9-13,16-18,26-27,30-33,45H,7-8,14-15,19-23H2,1-3H3,(H2,39,46)(H,41,48)(H,42,47)(H,43,49);10-11H,2-9H2,1H3,(H,15,17,19)/t26-,27+,30-,31-,32-,33+;/m0./s1. The van der Waals surface area contributed by atoms with Crippen LogP contribution in [0.1, 0.15) is 134 Å². The van der Waals surface area contributed by atoms with Crippen molar-refractivity contribution in [2.75, 3.05) is 13.1 Å². The maximum atomic E-state index is 13.8. The Morgan fingerprint density at radius 1 is 0.868 bits per heavy atom. The van der Waals surface area contributed by atoms with Crippen LogP contribution in [0.4, 0.5) is 4.79 Å². The zero-order valence-electron chi connectivity index (χ0n) is 40.2. The summed E-state index contributed by atoms with van der Waals surface area (Å²) in [6.45, 7) is 8.75. The minimum atomic E-state index is -1.30. The number of amides is 8. The van der Waals surface area contributed by atoms with Crippen molar-refractivity contribution in [2.24, 2.45) is 23.5 Å². The van der Waals surface area contributed by atoms with Crippen molar-refractivity contribution in [1.29, 1.82) is 0 Å². The summed E-state index contributed by atoms with van der Waals surface area (Å²) in [4.78, 5) is 96.7. The normalized spacial score (nSPS) is 22.7. The van der Waals surface area contributed by atoms with Crippen LogP contribution in [0.25, 0.3) is 10.9 Å². The first-order valence-corrected chi connectivity index (χ1v) is 24.7. The average molecular weight is 937 g/mol. The largest absolute Gasteiger partial charge is 0.390 e. The van der Waals surface area contributed by atoms with Crippen LogP contribution in [0.5, 0.6) is 0 Å². The lowest BCUT2D eigenvalue weighted by molar-refractivity contribution is -0.145. The van der Waals surface area contributed by atoms with Crippen LogP contribution in [0.3, 0.4) is 0 Å². The van der Waals surface area contributed by atoms with E-state index in [-0.39, 0.29) is 36.5 Å². The molecule has 3 heterocycles. The number of hydrogen-bond acceptors (Lipinski definition) is 10. The van der Waals surface area contributed by atoms with Gasteiger partial charge in [0.25, 0.3) is 5.91 Å². The average Bonchev–Trinajstić information content (AvgIpc) is 3.30. The van der Waals surface area contributed by atoms with Crippen molar-refractivity contribution >= 4 is 52.4 Å². The predicted molar refractivity (Wildman–Crippen MR) is 258 cm³/mol. The zero-order chi connectivity index (χ0) is 49.0. The molecule has 68 heavy (non-hydrogen) atoms. The molecule has 0 spiro atoms. The van der Waals surface area contributed by atoms with E-state index in [0.29, 0.717) is 30.3 Å². The quantitative estimate of drug-likeness (QED) is 0.102. The van der Waals surface area contributed by atoms with Crippen molar-refractivity contribution in [2.45, 2.75) is 160 Å². The molecule has 2 saturated heterocycles. The molecular formula is C52H72N8O8. The van der Waals surface area contributed by atoms with Gasteiger partial charge in [0.1, 0.15) is 17.7 Å². The minimum Gasteiger partial charge on any atom is -0.390 e. The molecule has 4 fully saturated rings. The number of fused-ring (bicyclic) bond motifs is 2. The molecule has 16 heteroatoms. The van der Waals surface area contributed by atoms with Gasteiger partial charge in [-0.2, -0.15) is 0 Å². The Labute approximate surface area is 400 Å². The van der Waals surface area contributed by atoms with E-state index in [9.17, 15) is 38.7 Å². The van der Waals surface area contributed by atoms with Gasteiger partial charge in [-0.05, 0) is 88.8 Å². The number of pyridine rings is 1. The number of nitrogens with zero attached hydrogens (tertiary/aromatic N) is 3. The van der Waals surface area contributed by atoms with Gasteiger partial charge in [0.05, 0.1) is 30.1 Å². The number of para-hydroxylation sites is 1. The summed E-state index contributed by atoms with van der Waals surface area (Å²) >= 11 is 0. The Balaban J connectivity index is 0.000000333. The Hall–Kier alpha value is -5.74. The fourth-order valence-electron chi connectivity index (χ4n) is 10.2. The number of hydrogen-bond donors (Lipinski definition) is 6. The monoisotopic (exact) mass is 937 g/mol. The third-order valence-corrected chi connectivity index (χ3v) is 13.8. The van der Waals surface area contributed by atoms with Crippen LogP contribution in [0.2, 0.25) is 0 Å². The van der Waals surface area contributed by atoms with Crippen LogP contribution < -0.4 is 27.0 Å². The number of aromatic nitrogens is 1. The number of barbiturate groups is 1. The molecule has 0 bridgehead atoms. The molecule has 7 atom stereocenters. The second kappa shape index (κ2) is 24.0. The highest BCUT2D eigenvalue weighted by Gasteiger charge is 2.44. The highest BCUT2D eigenvalue weighted by molar-refractivity contribution is 6.16. The number of rotatable bonds is 16. The van der Waals surface area contributed by atoms with Gasteiger partial charge in [0.15, 0.2) is 0 Å². The third kappa shape index (κ3) is 14.2. The molecule has 0 radical (unpaired) electrons. The van der Waals surface area contributed by atoms with Crippen molar-refractivity contribution in [3.63, 3.8) is 0 Å². The molecule has 2 saturated carbocycles. The topological polar surface area (TPSA) is 233 Å². The van der Waals surface area contributed by atoms with Crippen molar-refractivity contribution < 1.29 is 38.7 Å². The van der Waals surface area contributed by atoms with Crippen LogP contribution in [-0.2, 0) is 30.4 Å². The molecule has 7 N–H and O–H groups in total. The molecule has 7 rings (SSSR count). The highest BCUT2D eigenvalue weighted by Crippen LogP contribution is 2.39. The molecule has 2 aliphatic carbocycles. The second-order valence-corrected chi connectivity index (χ2v) is 20.2. The number of benzene rings is 2. The third-order valence-electron chi connectivity index (χ3n) is 13.8. The first-order valence-electron chi connectivity index (χ1n) is 24.7. The van der Waals surface area contributed by atoms with Crippen molar-refractivity contribution in [1.82, 2.24) is 36.1 Å². The fraction of sp³-hybridized carbons (Fsp3) is 0.577. The number of urea groups is 1. The first-order chi connectivity index (χ1) is 32.5. The van der Waals surface area contributed by atoms with Crippen LogP contribution in [-0.4, -0.2) is 110 Å². The molecule has 368 valence electrons. The van der Waals surface area contributed by atoms with Crippen LogP contribution in [0, 0.1) is 17.8 Å². The number of unbranched alkanes of at least 4 members (excludes halogenated alkanes) is 1. The van der Waals surface area contributed by atoms with Gasteiger partial charge in [-0.15, -0.1) is 0 Å². The molecule has 2 aromatic carbocycles. The molecule has 16 nitrogen and oxygen atoms in total. The number of aliphatic hydroxyl groups is 1. The predicted octanol–water partition coefficient (Wildman–Crippen LogP) is 5.30. The fourth-order valence-corrected chi connectivity index (χ4v) is 10.2. The minimum absolute atomic E-state index is 0.0153. The molecule has 1 aromatic heterocycles. The van der Waals surface area contributed by atoms with Gasteiger partial charge in [0.2, 0.25) is 29.5 Å². The molecule has 8 amide bonds. The van der Waals surface area contributed by atoms with E-state index in [1.165, 1.54) is 17.7 Å². The molecule has 4 aliphatic rings. The number of nitrogens with two attached hydrogens (primary N) is 1. The number of aliphatic hydroxyl groups excluding tert-OH is 1. The zero-order valence-corrected chi connectivity index (χ0v) is 40.2. The number of carbonyl (C=O) groups excluding carboxylic acids is 7. The van der Waals surface area contributed by atoms with Gasteiger partial charge in [0, 0.05) is 30.1 Å². The van der Waals surface area contributed by atoms with Gasteiger partial charge < -0.3 is 26.8 Å². The number of carbonyl (C=O) groups is 7. The number of β-amino-alcohol motifs (C(OH)–C–C–N with tert-alkyl or cyclic N) is 1. The van der Waals surface area contributed by atoms with E-state index in [1.54, 1.807) is 18.2 Å². The molecule has 2 aliphatic heterocycles. The number of primary amides is 1. The van der Waals surface area contributed by atoms with E-state index in [4.69, 9.17) is 5.73 Å². The Kier molecular flexibility index (Phi) is 18.2. The second-order valence-electron chi connectivity index (χ2n) is 20.2. The lowest BCUT2D eigenvalue weighted by Gasteiger charge is -2.47. The summed E-state index contributed by atoms with van der Waals surface area (Å²) in [6.07, 6.45) is 11.3. The van der Waals surface area contributed by atoms with E-state index in [1.807, 2.05) is 76.2 Å². The summed E-state index contributed by atoms with van der Waals surface area (Å²) < 4.78 is 0. The molecule has 3 aromatic rings. The van der Waals surface area contributed by atoms with Crippen molar-refractivity contribution in [3.8, 4) is 0 Å². The van der Waals surface area contributed by atoms with E-state index < -0.39 is 71.8 Å². The highest BCUT2D eigenvalue weighted by atomic mass is 16.3.